The van der Waals surface area contributed by atoms with Crippen LogP contribution >= 0.6 is 0 Å². The molecular weight excluding hydrogens is 334 g/mol. The molecule has 2 aromatic rings. The van der Waals surface area contributed by atoms with E-state index in [-0.39, 0.29) is 23.8 Å². The largest absolute Gasteiger partial charge is 0.435 e. The quantitative estimate of drug-likeness (QED) is 0.669. The van der Waals surface area contributed by atoms with Crippen LogP contribution in [0.1, 0.15) is 16.8 Å². The zero-order chi connectivity index (χ0) is 18.1. The van der Waals surface area contributed by atoms with Gasteiger partial charge in [0.05, 0.1) is 6.54 Å². The maximum Gasteiger partial charge on any atom is 0.387 e. The Morgan fingerprint density at radius 3 is 2.60 bits per heavy atom. The number of hydrogen-bond acceptors (Lipinski definition) is 4. The zero-order valence-corrected chi connectivity index (χ0v) is 13.3. The third-order valence-corrected chi connectivity index (χ3v) is 3.20. The molecule has 0 saturated heterocycles. The van der Waals surface area contributed by atoms with E-state index in [0.29, 0.717) is 19.5 Å². The van der Waals surface area contributed by atoms with Gasteiger partial charge in [-0.05, 0) is 36.8 Å². The van der Waals surface area contributed by atoms with Gasteiger partial charge >= 0.3 is 6.61 Å². The Labute approximate surface area is 143 Å². The monoisotopic (exact) mass is 352 g/mol. The number of benzene rings is 1. The van der Waals surface area contributed by atoms with Gasteiger partial charge in [0.25, 0.3) is 5.91 Å². The van der Waals surface area contributed by atoms with Crippen LogP contribution in [0.15, 0.2) is 42.7 Å². The number of aromatic nitrogens is 2. The van der Waals surface area contributed by atoms with Gasteiger partial charge < -0.3 is 15.4 Å². The summed E-state index contributed by atoms with van der Waals surface area (Å²) in [7, 11) is 0. The lowest BCUT2D eigenvalue weighted by molar-refractivity contribution is -0.120. The zero-order valence-electron chi connectivity index (χ0n) is 13.3. The molecular formula is C16H18F2N4O3. The summed E-state index contributed by atoms with van der Waals surface area (Å²) in [5.74, 6) is -0.830. The third kappa shape index (κ3) is 6.58. The number of nitrogens with zero attached hydrogens (tertiary/aromatic N) is 2. The molecule has 0 atom stereocenters. The number of amides is 2. The fourth-order valence-corrected chi connectivity index (χ4v) is 2.01. The highest BCUT2D eigenvalue weighted by Crippen LogP contribution is 2.14. The smallest absolute Gasteiger partial charge is 0.387 e. The molecule has 0 bridgehead atoms. The predicted octanol–water partition coefficient (Wildman–Crippen LogP) is 1.42. The minimum Gasteiger partial charge on any atom is -0.435 e. The second-order valence-electron chi connectivity index (χ2n) is 5.06. The molecule has 0 spiro atoms. The summed E-state index contributed by atoms with van der Waals surface area (Å²) < 4.78 is 30.0. The number of ether oxygens (including phenoxy) is 1. The molecule has 0 fully saturated rings. The van der Waals surface area contributed by atoms with Gasteiger partial charge in [-0.1, -0.05) is 0 Å². The number of carbonyl (C=O) groups excluding carboxylic acids is 2. The summed E-state index contributed by atoms with van der Waals surface area (Å²) in [5, 5.41) is 9.18. The Kier molecular flexibility index (Phi) is 6.87. The van der Waals surface area contributed by atoms with Gasteiger partial charge in [0.1, 0.15) is 5.75 Å². The number of halogens is 2. The van der Waals surface area contributed by atoms with Crippen LogP contribution in [0.5, 0.6) is 5.75 Å². The van der Waals surface area contributed by atoms with Crippen LogP contribution in [0.4, 0.5) is 8.78 Å². The van der Waals surface area contributed by atoms with Gasteiger partial charge in [-0.25, -0.2) is 0 Å². The van der Waals surface area contributed by atoms with Crippen molar-refractivity contribution in [2.75, 3.05) is 13.1 Å². The molecule has 25 heavy (non-hydrogen) atoms. The third-order valence-electron chi connectivity index (χ3n) is 3.20. The number of rotatable bonds is 9. The van der Waals surface area contributed by atoms with E-state index in [1.807, 2.05) is 12.3 Å². The van der Waals surface area contributed by atoms with E-state index in [9.17, 15) is 18.4 Å². The first-order valence-electron chi connectivity index (χ1n) is 7.62. The Morgan fingerprint density at radius 2 is 1.96 bits per heavy atom. The van der Waals surface area contributed by atoms with Gasteiger partial charge in [-0.3, -0.25) is 14.3 Å². The molecule has 0 radical (unpaired) electrons. The van der Waals surface area contributed by atoms with E-state index < -0.39 is 12.5 Å². The molecule has 2 rings (SSSR count). The van der Waals surface area contributed by atoms with Gasteiger partial charge in [0, 0.05) is 31.0 Å². The molecule has 0 aliphatic heterocycles. The Hall–Kier alpha value is -2.97. The molecule has 7 nitrogen and oxygen atoms in total. The Bertz CT molecular complexity index is 675. The summed E-state index contributed by atoms with van der Waals surface area (Å²) in [5.41, 5.74) is 0.244. The Morgan fingerprint density at radius 1 is 1.20 bits per heavy atom. The average Bonchev–Trinajstić information content (AvgIpc) is 3.10. The van der Waals surface area contributed by atoms with E-state index in [0.717, 1.165) is 0 Å². The highest BCUT2D eigenvalue weighted by Gasteiger charge is 2.09. The van der Waals surface area contributed by atoms with E-state index in [1.165, 1.54) is 24.3 Å². The molecule has 0 aliphatic rings. The van der Waals surface area contributed by atoms with E-state index >= 15 is 0 Å². The number of aryl methyl sites for hydroxylation is 1. The number of nitrogens with one attached hydrogen (secondary N) is 2. The van der Waals surface area contributed by atoms with Crippen LogP contribution in [-0.2, 0) is 11.3 Å². The average molecular weight is 352 g/mol. The highest BCUT2D eigenvalue weighted by molar-refractivity contribution is 5.96. The number of hydrogen-bond donors (Lipinski definition) is 2. The van der Waals surface area contributed by atoms with E-state index in [4.69, 9.17) is 0 Å². The van der Waals surface area contributed by atoms with Crippen molar-refractivity contribution in [3.63, 3.8) is 0 Å². The van der Waals surface area contributed by atoms with Crippen molar-refractivity contribution in [2.45, 2.75) is 19.6 Å². The van der Waals surface area contributed by atoms with Crippen molar-refractivity contribution in [1.29, 1.82) is 0 Å². The van der Waals surface area contributed by atoms with Crippen molar-refractivity contribution < 1.29 is 23.1 Å². The van der Waals surface area contributed by atoms with Gasteiger partial charge in [0.15, 0.2) is 0 Å². The van der Waals surface area contributed by atoms with Crippen LogP contribution in [0.2, 0.25) is 0 Å². The maximum atomic E-state index is 12.0. The van der Waals surface area contributed by atoms with Crippen LogP contribution in [0, 0.1) is 0 Å². The minimum atomic E-state index is -2.92. The summed E-state index contributed by atoms with van der Waals surface area (Å²) in [6.07, 6.45) is 4.23. The predicted molar refractivity (Wildman–Crippen MR) is 85.3 cm³/mol. The molecule has 1 heterocycles. The second kappa shape index (κ2) is 9.36. The first-order chi connectivity index (χ1) is 12.0. The van der Waals surface area contributed by atoms with Crippen LogP contribution in [-0.4, -0.2) is 41.3 Å². The summed E-state index contributed by atoms with van der Waals surface area (Å²) in [6.45, 7) is -1.94. The molecule has 0 aliphatic carbocycles. The van der Waals surface area contributed by atoms with Crippen LogP contribution < -0.4 is 15.4 Å². The first kappa shape index (κ1) is 18.4. The molecule has 1 aromatic carbocycles. The first-order valence-corrected chi connectivity index (χ1v) is 7.62. The van der Waals surface area contributed by atoms with Crippen molar-refractivity contribution in [1.82, 2.24) is 20.4 Å². The van der Waals surface area contributed by atoms with Crippen molar-refractivity contribution in [3.8, 4) is 5.75 Å². The SMILES string of the molecule is O=C(CNC(=O)c1ccc(OC(F)F)cc1)NCCCn1cccn1. The van der Waals surface area contributed by atoms with Crippen LogP contribution in [0.3, 0.4) is 0 Å². The summed E-state index contributed by atoms with van der Waals surface area (Å²) >= 11 is 0. The van der Waals surface area contributed by atoms with Crippen LogP contribution in [0.25, 0.3) is 0 Å². The highest BCUT2D eigenvalue weighted by atomic mass is 19.3. The minimum absolute atomic E-state index is 0.0403. The lowest BCUT2D eigenvalue weighted by atomic mass is 10.2. The number of carbonyl (C=O) groups is 2. The molecule has 2 amide bonds. The lowest BCUT2D eigenvalue weighted by Crippen LogP contribution is -2.37. The normalized spacial score (nSPS) is 10.5. The molecule has 0 saturated carbocycles. The molecule has 0 unspecified atom stereocenters. The summed E-state index contributed by atoms with van der Waals surface area (Å²) in [6, 6.07) is 7.02. The second-order valence-corrected chi connectivity index (χ2v) is 5.06. The molecule has 9 heteroatoms. The van der Waals surface area contributed by atoms with Crippen molar-refractivity contribution in [2.24, 2.45) is 0 Å². The van der Waals surface area contributed by atoms with Gasteiger partial charge in [-0.2, -0.15) is 13.9 Å². The fraction of sp³-hybridized carbons (Fsp3) is 0.312. The fourth-order valence-electron chi connectivity index (χ4n) is 2.01. The van der Waals surface area contributed by atoms with Crippen molar-refractivity contribution in [3.05, 3.63) is 48.3 Å². The molecule has 1 aromatic heterocycles. The topological polar surface area (TPSA) is 85.3 Å². The summed E-state index contributed by atoms with van der Waals surface area (Å²) in [4.78, 5) is 23.5. The van der Waals surface area contributed by atoms with E-state index in [1.54, 1.807) is 10.9 Å². The molecule has 2 N–H and O–H groups in total. The Balaban J connectivity index is 1.65. The lowest BCUT2D eigenvalue weighted by Gasteiger charge is -2.08. The van der Waals surface area contributed by atoms with Gasteiger partial charge in [-0.15, -0.1) is 0 Å². The standard InChI is InChI=1S/C16H18F2N4O3/c17-16(18)25-13-5-3-12(4-6-13)15(24)20-11-14(23)19-7-1-9-22-10-2-8-21-22/h2-6,8,10,16H,1,7,9,11H2,(H,19,23)(H,20,24). The maximum absolute atomic E-state index is 12.0. The van der Waals surface area contributed by atoms with Crippen molar-refractivity contribution >= 4 is 11.8 Å². The number of alkyl halides is 2. The van der Waals surface area contributed by atoms with Gasteiger partial charge in [0.2, 0.25) is 5.91 Å². The molecule has 134 valence electrons. The van der Waals surface area contributed by atoms with E-state index in [2.05, 4.69) is 20.5 Å².